The Balaban J connectivity index is 1.95. The van der Waals surface area contributed by atoms with Gasteiger partial charge >= 0.3 is 5.97 Å². The molecular formula is C21H22O4. The minimum atomic E-state index is -0.763. The van der Waals surface area contributed by atoms with Crippen LogP contribution in [-0.2, 0) is 19.0 Å². The highest BCUT2D eigenvalue weighted by Crippen LogP contribution is 2.42. The SMILES string of the molecule is C=CC[C@H]1O[C@H](c2ccccc2)[C@@H](c2ccccc2)O[C@@H]1OC(C)=O. The molecule has 1 heterocycles. The molecule has 4 heteroatoms. The van der Waals surface area contributed by atoms with Gasteiger partial charge in [0, 0.05) is 6.92 Å². The molecule has 1 aliphatic rings. The van der Waals surface area contributed by atoms with Crippen molar-refractivity contribution in [2.75, 3.05) is 0 Å². The smallest absolute Gasteiger partial charge is 0.305 e. The molecule has 4 nitrogen and oxygen atoms in total. The first-order chi connectivity index (χ1) is 12.2. The summed E-state index contributed by atoms with van der Waals surface area (Å²) >= 11 is 0. The lowest BCUT2D eigenvalue weighted by Crippen LogP contribution is -2.43. The van der Waals surface area contributed by atoms with Crippen molar-refractivity contribution in [3.05, 3.63) is 84.4 Å². The molecule has 2 aromatic carbocycles. The van der Waals surface area contributed by atoms with Crippen LogP contribution >= 0.6 is 0 Å². The fourth-order valence-electron chi connectivity index (χ4n) is 3.02. The van der Waals surface area contributed by atoms with E-state index >= 15 is 0 Å². The first-order valence-electron chi connectivity index (χ1n) is 8.38. The Morgan fingerprint density at radius 1 is 1.00 bits per heavy atom. The van der Waals surface area contributed by atoms with Crippen LogP contribution in [0.1, 0.15) is 36.7 Å². The van der Waals surface area contributed by atoms with Gasteiger partial charge in [0.15, 0.2) is 0 Å². The zero-order chi connectivity index (χ0) is 17.6. The van der Waals surface area contributed by atoms with E-state index in [2.05, 4.69) is 6.58 Å². The van der Waals surface area contributed by atoms with Gasteiger partial charge in [-0.3, -0.25) is 4.79 Å². The summed E-state index contributed by atoms with van der Waals surface area (Å²) < 4.78 is 17.9. The molecule has 0 bridgehead atoms. The van der Waals surface area contributed by atoms with Gasteiger partial charge in [-0.1, -0.05) is 66.7 Å². The highest BCUT2D eigenvalue weighted by Gasteiger charge is 2.41. The van der Waals surface area contributed by atoms with Gasteiger partial charge in [-0.2, -0.15) is 0 Å². The average Bonchev–Trinajstić information content (AvgIpc) is 2.64. The maximum atomic E-state index is 11.5. The van der Waals surface area contributed by atoms with E-state index in [1.54, 1.807) is 6.08 Å². The second-order valence-corrected chi connectivity index (χ2v) is 5.98. The van der Waals surface area contributed by atoms with Crippen molar-refractivity contribution < 1.29 is 19.0 Å². The zero-order valence-corrected chi connectivity index (χ0v) is 14.2. The Hall–Kier alpha value is -2.43. The van der Waals surface area contributed by atoms with Gasteiger partial charge in [-0.25, -0.2) is 0 Å². The summed E-state index contributed by atoms with van der Waals surface area (Å²) in [4.78, 5) is 11.5. The third kappa shape index (κ3) is 4.16. The molecule has 0 saturated carbocycles. The molecule has 0 aromatic heterocycles. The number of hydrogen-bond donors (Lipinski definition) is 0. The van der Waals surface area contributed by atoms with Crippen LogP contribution in [0.2, 0.25) is 0 Å². The van der Waals surface area contributed by atoms with Gasteiger partial charge in [0.2, 0.25) is 6.29 Å². The van der Waals surface area contributed by atoms with E-state index < -0.39 is 18.4 Å². The number of carbonyl (C=O) groups is 1. The summed E-state index contributed by atoms with van der Waals surface area (Å²) in [6.07, 6.45) is 0.458. The van der Waals surface area contributed by atoms with Crippen LogP contribution in [0.25, 0.3) is 0 Å². The number of ether oxygens (including phenoxy) is 3. The summed E-state index contributed by atoms with van der Waals surface area (Å²) in [6, 6.07) is 19.8. The van der Waals surface area contributed by atoms with Gasteiger partial charge in [0.05, 0.1) is 0 Å². The van der Waals surface area contributed by atoms with Crippen molar-refractivity contribution in [1.82, 2.24) is 0 Å². The monoisotopic (exact) mass is 338 g/mol. The Labute approximate surface area is 148 Å². The molecule has 25 heavy (non-hydrogen) atoms. The molecule has 1 saturated heterocycles. The van der Waals surface area contributed by atoms with Gasteiger partial charge in [-0.15, -0.1) is 6.58 Å². The molecule has 0 amide bonds. The lowest BCUT2D eigenvalue weighted by molar-refractivity contribution is -0.294. The van der Waals surface area contributed by atoms with E-state index in [0.29, 0.717) is 6.42 Å². The predicted molar refractivity (Wildman–Crippen MR) is 94.7 cm³/mol. The number of hydrogen-bond acceptors (Lipinski definition) is 4. The second kappa shape index (κ2) is 8.10. The molecule has 0 unspecified atom stereocenters. The number of rotatable bonds is 5. The van der Waals surface area contributed by atoms with Gasteiger partial charge < -0.3 is 14.2 Å². The van der Waals surface area contributed by atoms with Crippen LogP contribution in [0.3, 0.4) is 0 Å². The van der Waals surface area contributed by atoms with Crippen LogP contribution in [0.5, 0.6) is 0 Å². The second-order valence-electron chi connectivity index (χ2n) is 5.98. The summed E-state index contributed by atoms with van der Waals surface area (Å²) in [5, 5.41) is 0. The van der Waals surface area contributed by atoms with Crippen LogP contribution in [0, 0.1) is 0 Å². The van der Waals surface area contributed by atoms with Crippen molar-refractivity contribution in [2.24, 2.45) is 0 Å². The Kier molecular flexibility index (Phi) is 5.64. The summed E-state index contributed by atoms with van der Waals surface area (Å²) in [5.74, 6) is -0.396. The normalized spacial score (nSPS) is 26.0. The maximum absolute atomic E-state index is 11.5. The molecule has 0 aliphatic carbocycles. The summed E-state index contributed by atoms with van der Waals surface area (Å²) in [7, 11) is 0. The lowest BCUT2D eigenvalue weighted by atomic mass is 9.96. The number of carbonyl (C=O) groups excluding carboxylic acids is 1. The lowest BCUT2D eigenvalue weighted by Gasteiger charge is -2.41. The van der Waals surface area contributed by atoms with E-state index in [-0.39, 0.29) is 12.2 Å². The molecule has 1 fully saturated rings. The van der Waals surface area contributed by atoms with Crippen LogP contribution in [-0.4, -0.2) is 18.4 Å². The first kappa shape index (κ1) is 17.4. The van der Waals surface area contributed by atoms with Crippen molar-refractivity contribution in [1.29, 1.82) is 0 Å². The summed E-state index contributed by atoms with van der Waals surface area (Å²) in [6.45, 7) is 5.14. The van der Waals surface area contributed by atoms with Gasteiger partial charge in [0.1, 0.15) is 18.3 Å². The van der Waals surface area contributed by atoms with Crippen molar-refractivity contribution in [3.63, 3.8) is 0 Å². The van der Waals surface area contributed by atoms with E-state index in [4.69, 9.17) is 14.2 Å². The Bertz CT molecular complexity index is 698. The van der Waals surface area contributed by atoms with E-state index in [1.165, 1.54) is 6.92 Å². The highest BCUT2D eigenvalue weighted by molar-refractivity contribution is 5.66. The highest BCUT2D eigenvalue weighted by atomic mass is 16.7. The molecule has 0 spiro atoms. The van der Waals surface area contributed by atoms with Crippen molar-refractivity contribution >= 4 is 5.97 Å². The molecular weight excluding hydrogens is 316 g/mol. The Morgan fingerprint density at radius 2 is 1.52 bits per heavy atom. The largest absolute Gasteiger partial charge is 0.433 e. The molecule has 4 atom stereocenters. The zero-order valence-electron chi connectivity index (χ0n) is 14.2. The first-order valence-corrected chi connectivity index (χ1v) is 8.38. The number of benzene rings is 2. The van der Waals surface area contributed by atoms with Gasteiger partial charge in [0.25, 0.3) is 0 Å². The van der Waals surface area contributed by atoms with Crippen molar-refractivity contribution in [2.45, 2.75) is 37.9 Å². The van der Waals surface area contributed by atoms with E-state index in [0.717, 1.165) is 11.1 Å². The molecule has 130 valence electrons. The van der Waals surface area contributed by atoms with Gasteiger partial charge in [-0.05, 0) is 17.5 Å². The van der Waals surface area contributed by atoms with Crippen LogP contribution < -0.4 is 0 Å². The minimum Gasteiger partial charge on any atom is -0.433 e. The van der Waals surface area contributed by atoms with Crippen LogP contribution in [0.15, 0.2) is 73.3 Å². The average molecular weight is 338 g/mol. The van der Waals surface area contributed by atoms with E-state index in [1.807, 2.05) is 60.7 Å². The van der Waals surface area contributed by atoms with Crippen molar-refractivity contribution in [3.8, 4) is 0 Å². The quantitative estimate of drug-likeness (QED) is 0.600. The third-order valence-corrected chi connectivity index (χ3v) is 4.12. The maximum Gasteiger partial charge on any atom is 0.305 e. The fourth-order valence-corrected chi connectivity index (χ4v) is 3.02. The molecule has 3 rings (SSSR count). The molecule has 2 aromatic rings. The Morgan fingerprint density at radius 3 is 2.00 bits per heavy atom. The molecule has 0 radical (unpaired) electrons. The van der Waals surface area contributed by atoms with E-state index in [9.17, 15) is 4.79 Å². The predicted octanol–water partition coefficient (Wildman–Crippen LogP) is 4.35. The molecule has 0 N–H and O–H groups in total. The molecule has 1 aliphatic heterocycles. The topological polar surface area (TPSA) is 44.8 Å². The standard InChI is InChI=1S/C21H22O4/c1-3-10-18-21(23-15(2)22)25-20(17-13-8-5-9-14-17)19(24-18)16-11-6-4-7-12-16/h3-9,11-14,18-21H,1,10H2,2H3/t18-,19-,20-,21+/m1/s1. The fraction of sp³-hybridized carbons (Fsp3) is 0.286. The number of esters is 1. The third-order valence-electron chi connectivity index (χ3n) is 4.12. The summed E-state index contributed by atoms with van der Waals surface area (Å²) in [5.41, 5.74) is 2.00. The van der Waals surface area contributed by atoms with Crippen LogP contribution in [0.4, 0.5) is 0 Å². The minimum absolute atomic E-state index is 0.291.